The number of nitrogens with zero attached hydrogens (tertiary/aromatic N) is 2. The number of amides is 3. The number of carbonyl (C=O) groups excluding carboxylic acids is 3. The predicted molar refractivity (Wildman–Crippen MR) is 124 cm³/mol. The second kappa shape index (κ2) is 9.20. The molecule has 1 saturated heterocycles. The van der Waals surface area contributed by atoms with Gasteiger partial charge in [0.25, 0.3) is 5.91 Å². The second-order valence-electron chi connectivity index (χ2n) is 6.87. The van der Waals surface area contributed by atoms with Crippen LogP contribution in [0.5, 0.6) is 0 Å². The molecule has 2 aromatic rings. The lowest BCUT2D eigenvalue weighted by atomic mass is 10.00. The zero-order valence-corrected chi connectivity index (χ0v) is 19.0. The van der Waals surface area contributed by atoms with Crippen LogP contribution in [0.1, 0.15) is 11.1 Å². The molecule has 7 nitrogen and oxygen atoms in total. The third kappa shape index (κ3) is 4.87. The van der Waals surface area contributed by atoms with Crippen LogP contribution in [0.2, 0.25) is 0 Å². The van der Waals surface area contributed by atoms with E-state index < -0.39 is 23.6 Å². The third-order valence-electron chi connectivity index (χ3n) is 4.73. The molecule has 2 aromatic carbocycles. The number of halogens is 1. The van der Waals surface area contributed by atoms with Gasteiger partial charge in [0, 0.05) is 10.2 Å². The highest BCUT2D eigenvalue weighted by Crippen LogP contribution is 2.25. The van der Waals surface area contributed by atoms with E-state index in [4.69, 9.17) is 12.2 Å². The number of carbonyl (C=O) groups is 3. The highest BCUT2D eigenvalue weighted by Gasteiger charge is 2.39. The van der Waals surface area contributed by atoms with Gasteiger partial charge in [-0.05, 0) is 73.6 Å². The molecule has 1 fully saturated rings. The summed E-state index contributed by atoms with van der Waals surface area (Å²) in [4.78, 5) is 39.3. The lowest BCUT2D eigenvalue weighted by molar-refractivity contribution is -0.131. The van der Waals surface area contributed by atoms with E-state index in [2.05, 4.69) is 26.6 Å². The second-order valence-corrected chi connectivity index (χ2v) is 8.17. The van der Waals surface area contributed by atoms with Gasteiger partial charge in [0.15, 0.2) is 5.11 Å². The van der Waals surface area contributed by atoms with Gasteiger partial charge in [0.2, 0.25) is 11.8 Å². The number of aryl methyl sites for hydroxylation is 2. The highest BCUT2D eigenvalue weighted by atomic mass is 79.9. The van der Waals surface area contributed by atoms with Crippen molar-refractivity contribution in [2.75, 3.05) is 10.2 Å². The maximum Gasteiger partial charge on any atom is 0.266 e. The van der Waals surface area contributed by atoms with Crippen molar-refractivity contribution in [1.29, 1.82) is 5.26 Å². The van der Waals surface area contributed by atoms with Crippen LogP contribution < -0.4 is 15.5 Å². The Morgan fingerprint density at radius 1 is 1.23 bits per heavy atom. The molecule has 9 heteroatoms. The Hall–Kier alpha value is -3.35. The van der Waals surface area contributed by atoms with Gasteiger partial charge in [-0.2, -0.15) is 5.26 Å². The molecule has 2 N–H and O–H groups in total. The lowest BCUT2D eigenvalue weighted by Crippen LogP contribution is -2.57. The first-order valence-electron chi connectivity index (χ1n) is 9.16. The highest BCUT2D eigenvalue weighted by molar-refractivity contribution is 9.10. The van der Waals surface area contributed by atoms with Crippen LogP contribution in [0.15, 0.2) is 58.6 Å². The first-order chi connectivity index (χ1) is 14.7. The van der Waals surface area contributed by atoms with Gasteiger partial charge in [0.05, 0.1) is 5.69 Å². The Labute approximate surface area is 192 Å². The van der Waals surface area contributed by atoms with E-state index in [-0.39, 0.29) is 10.7 Å². The first-order valence-corrected chi connectivity index (χ1v) is 10.4. The van der Waals surface area contributed by atoms with Crippen molar-refractivity contribution in [2.45, 2.75) is 13.8 Å². The summed E-state index contributed by atoms with van der Waals surface area (Å²) in [5.74, 6) is -3.44. The van der Waals surface area contributed by atoms with Crippen molar-refractivity contribution in [3.8, 4) is 6.07 Å². The minimum Gasteiger partial charge on any atom is -0.321 e. The van der Waals surface area contributed by atoms with Crippen molar-refractivity contribution in [2.24, 2.45) is 5.92 Å². The van der Waals surface area contributed by atoms with Gasteiger partial charge in [-0.3, -0.25) is 19.3 Å². The topological polar surface area (TPSA) is 102 Å². The summed E-state index contributed by atoms with van der Waals surface area (Å²) >= 11 is 8.49. The van der Waals surface area contributed by atoms with E-state index >= 15 is 0 Å². The summed E-state index contributed by atoms with van der Waals surface area (Å²) in [5, 5.41) is 14.5. The molecular formula is C22H17BrN4O3S. The molecule has 1 atom stereocenters. The van der Waals surface area contributed by atoms with Crippen molar-refractivity contribution >= 4 is 62.4 Å². The molecular weight excluding hydrogens is 480 g/mol. The normalized spacial score (nSPS) is 16.6. The summed E-state index contributed by atoms with van der Waals surface area (Å²) in [5.41, 5.74) is 2.58. The molecule has 1 aliphatic heterocycles. The Bertz CT molecular complexity index is 1190. The van der Waals surface area contributed by atoms with Crippen molar-refractivity contribution in [1.82, 2.24) is 5.32 Å². The number of anilines is 2. The van der Waals surface area contributed by atoms with E-state index in [1.807, 2.05) is 19.9 Å². The standard InChI is InChI=1S/C22H17BrN4O3S/c1-12-6-7-17(8-13(12)2)27-21(30)18(20(29)26-22(27)31)9-14(11-24)19(28)25-16-5-3-4-15(23)10-16/h3-10,18H,1-2H3,(H,25,28)(H,26,29,31)/b14-9+/t18-/m0/s1. The van der Waals surface area contributed by atoms with Crippen LogP contribution in [-0.2, 0) is 14.4 Å². The van der Waals surface area contributed by atoms with Crippen LogP contribution in [0, 0.1) is 31.1 Å². The zero-order chi connectivity index (χ0) is 22.7. The van der Waals surface area contributed by atoms with Gasteiger partial charge in [-0.15, -0.1) is 0 Å². The molecule has 0 bridgehead atoms. The maximum atomic E-state index is 13.1. The fourth-order valence-electron chi connectivity index (χ4n) is 2.94. The van der Waals surface area contributed by atoms with Gasteiger partial charge in [-0.1, -0.05) is 28.1 Å². The number of nitriles is 1. The summed E-state index contributed by atoms with van der Waals surface area (Å²) in [6, 6.07) is 13.9. The Morgan fingerprint density at radius 2 is 1.97 bits per heavy atom. The SMILES string of the molecule is Cc1ccc(N2C(=O)[C@@H](/C=C(\C#N)C(=O)Nc3cccc(Br)c3)C(=O)NC2=S)cc1C. The van der Waals surface area contributed by atoms with E-state index in [9.17, 15) is 19.6 Å². The Balaban J connectivity index is 1.90. The molecule has 3 rings (SSSR count). The molecule has 156 valence electrons. The summed E-state index contributed by atoms with van der Waals surface area (Å²) in [7, 11) is 0. The maximum absolute atomic E-state index is 13.1. The molecule has 0 aliphatic carbocycles. The molecule has 31 heavy (non-hydrogen) atoms. The van der Waals surface area contributed by atoms with E-state index in [1.54, 1.807) is 42.5 Å². The molecule has 0 aromatic heterocycles. The summed E-state index contributed by atoms with van der Waals surface area (Å²) in [6.45, 7) is 3.83. The first kappa shape index (κ1) is 22.3. The number of rotatable bonds is 4. The molecule has 3 amide bonds. The van der Waals surface area contributed by atoms with Crippen molar-refractivity contribution < 1.29 is 14.4 Å². The van der Waals surface area contributed by atoms with Crippen LogP contribution in [-0.4, -0.2) is 22.8 Å². The molecule has 0 saturated carbocycles. The van der Waals surface area contributed by atoms with Crippen molar-refractivity contribution in [3.05, 3.63) is 69.7 Å². The van der Waals surface area contributed by atoms with E-state index in [0.29, 0.717) is 11.4 Å². The van der Waals surface area contributed by atoms with Gasteiger partial charge in [-0.25, -0.2) is 0 Å². The predicted octanol–water partition coefficient (Wildman–Crippen LogP) is 3.52. The number of hydrogen-bond donors (Lipinski definition) is 2. The molecule has 1 heterocycles. The van der Waals surface area contributed by atoms with Gasteiger partial charge < -0.3 is 10.6 Å². The van der Waals surface area contributed by atoms with E-state index in [0.717, 1.165) is 21.7 Å². The van der Waals surface area contributed by atoms with Crippen molar-refractivity contribution in [3.63, 3.8) is 0 Å². The summed E-state index contributed by atoms with van der Waals surface area (Å²) < 4.78 is 0.743. The van der Waals surface area contributed by atoms with E-state index in [1.165, 1.54) is 4.90 Å². The number of nitrogens with one attached hydrogen (secondary N) is 2. The molecule has 1 aliphatic rings. The zero-order valence-electron chi connectivity index (χ0n) is 16.6. The fourth-order valence-corrected chi connectivity index (χ4v) is 3.64. The minimum atomic E-state index is -1.38. The number of benzene rings is 2. The quantitative estimate of drug-likeness (QED) is 0.291. The Kier molecular flexibility index (Phi) is 6.63. The smallest absolute Gasteiger partial charge is 0.266 e. The Morgan fingerprint density at radius 3 is 2.61 bits per heavy atom. The van der Waals surface area contributed by atoms with Gasteiger partial charge >= 0.3 is 0 Å². The average molecular weight is 497 g/mol. The largest absolute Gasteiger partial charge is 0.321 e. The molecule has 0 unspecified atom stereocenters. The monoisotopic (exact) mass is 496 g/mol. The third-order valence-corrected chi connectivity index (χ3v) is 5.51. The average Bonchev–Trinajstić information content (AvgIpc) is 2.70. The molecule has 0 radical (unpaired) electrons. The fraction of sp³-hybridized carbons (Fsp3) is 0.136. The van der Waals surface area contributed by atoms with Crippen LogP contribution >= 0.6 is 28.1 Å². The minimum absolute atomic E-state index is 0.0556. The number of thiocarbonyl (C=S) groups is 1. The van der Waals surface area contributed by atoms with Crippen LogP contribution in [0.3, 0.4) is 0 Å². The molecule has 0 spiro atoms. The number of hydrogen-bond acceptors (Lipinski definition) is 5. The lowest BCUT2D eigenvalue weighted by Gasteiger charge is -2.31. The van der Waals surface area contributed by atoms with Crippen LogP contribution in [0.25, 0.3) is 0 Å². The summed E-state index contributed by atoms with van der Waals surface area (Å²) in [6.07, 6.45) is 1.06. The van der Waals surface area contributed by atoms with Gasteiger partial charge in [0.1, 0.15) is 17.6 Å². The van der Waals surface area contributed by atoms with Crippen LogP contribution in [0.4, 0.5) is 11.4 Å².